The molecule has 0 saturated heterocycles. The van der Waals surface area contributed by atoms with E-state index in [1.165, 1.54) is 67.9 Å². The van der Waals surface area contributed by atoms with Gasteiger partial charge in [0.2, 0.25) is 0 Å². The first-order valence-corrected chi connectivity index (χ1v) is 9.03. The maximum absolute atomic E-state index is 5.14. The third kappa shape index (κ3) is 12.1. The van der Waals surface area contributed by atoms with Gasteiger partial charge in [0, 0.05) is 0 Å². The predicted molar refractivity (Wildman–Crippen MR) is 98.0 cm³/mol. The van der Waals surface area contributed by atoms with Crippen LogP contribution in [0, 0.1) is 5.92 Å². The summed E-state index contributed by atoms with van der Waals surface area (Å²) in [5, 5.41) is 0. The molecule has 0 aliphatic rings. The third-order valence-electron chi connectivity index (χ3n) is 3.77. The van der Waals surface area contributed by atoms with E-state index >= 15 is 0 Å². The van der Waals surface area contributed by atoms with Gasteiger partial charge in [0.25, 0.3) is 0 Å². The molecule has 1 nitrogen and oxygen atoms in total. The second kappa shape index (κ2) is 13.6. The van der Waals surface area contributed by atoms with Gasteiger partial charge < -0.3 is 0 Å². The van der Waals surface area contributed by atoms with Gasteiger partial charge >= 0.3 is 0 Å². The Kier molecular flexibility index (Phi) is 14.0. The number of rotatable bonds is 12. The van der Waals surface area contributed by atoms with Gasteiger partial charge in [0.1, 0.15) is 0 Å². The van der Waals surface area contributed by atoms with Crippen LogP contribution in [0.25, 0.3) is 0 Å². The Labute approximate surface area is 137 Å². The van der Waals surface area contributed by atoms with Crippen molar-refractivity contribution < 1.29 is 0 Å². The molecule has 0 aromatic rings. The largest absolute Gasteiger partial charge is 0.258 e. The Bertz CT molecular complexity index is 219. The fourth-order valence-electron chi connectivity index (χ4n) is 2.38. The van der Waals surface area contributed by atoms with Crippen LogP contribution in [-0.4, -0.2) is 8.70 Å². The van der Waals surface area contributed by atoms with Gasteiger partial charge in [0.05, 0.1) is 4.99 Å². The number of hydrogen-bond donors (Lipinski definition) is 2. The summed E-state index contributed by atoms with van der Waals surface area (Å²) in [5.41, 5.74) is 0. The highest BCUT2D eigenvalue weighted by molar-refractivity contribution is 7.96. The van der Waals surface area contributed by atoms with Crippen molar-refractivity contribution in [1.29, 1.82) is 0 Å². The highest BCUT2D eigenvalue weighted by atomic mass is 32.2. The maximum Gasteiger partial charge on any atom is 0.0988 e. The number of unbranched alkanes of at least 4 members (excludes halogenated alkanes) is 5. The SMILES string of the molecule is CCCCC(CC)CCCCCCCC(=S)N(S)S. The summed E-state index contributed by atoms with van der Waals surface area (Å²) in [6.45, 7) is 4.62. The van der Waals surface area contributed by atoms with Crippen molar-refractivity contribution in [3.63, 3.8) is 0 Å². The summed E-state index contributed by atoms with van der Waals surface area (Å²) < 4.78 is 1.45. The first kappa shape index (κ1) is 19.6. The standard InChI is InChI=1S/C15H31NS3/c1-3-5-11-14(4-2)12-9-7-6-8-10-13-15(17)16(18)19/h14,18-19H,3-13H2,1-2H3. The summed E-state index contributed by atoms with van der Waals surface area (Å²) >= 11 is 13.3. The Hall–Kier alpha value is 0.590. The van der Waals surface area contributed by atoms with Gasteiger partial charge in [0.15, 0.2) is 0 Å². The fraction of sp³-hybridized carbons (Fsp3) is 0.933. The number of thiol groups is 2. The lowest BCUT2D eigenvalue weighted by molar-refractivity contribution is 0.400. The van der Waals surface area contributed by atoms with Gasteiger partial charge in [-0.25, -0.2) is 0 Å². The van der Waals surface area contributed by atoms with E-state index in [-0.39, 0.29) is 0 Å². The Balaban J connectivity index is 3.36. The van der Waals surface area contributed by atoms with Gasteiger partial charge in [-0.15, -0.1) is 0 Å². The number of hydrogen-bond acceptors (Lipinski definition) is 3. The van der Waals surface area contributed by atoms with Crippen LogP contribution in [0.1, 0.15) is 84.5 Å². The van der Waals surface area contributed by atoms with Crippen LogP contribution >= 0.6 is 37.8 Å². The average Bonchev–Trinajstić information content (AvgIpc) is 2.40. The first-order chi connectivity index (χ1) is 9.11. The van der Waals surface area contributed by atoms with Gasteiger partial charge in [-0.05, 0) is 18.8 Å². The molecule has 0 aromatic carbocycles. The van der Waals surface area contributed by atoms with Crippen molar-refractivity contribution in [2.24, 2.45) is 5.92 Å². The van der Waals surface area contributed by atoms with Gasteiger partial charge in [-0.1, -0.05) is 109 Å². The summed E-state index contributed by atoms with van der Waals surface area (Å²) in [6.07, 6.45) is 14.5. The summed E-state index contributed by atoms with van der Waals surface area (Å²) in [7, 11) is 0. The zero-order valence-electron chi connectivity index (χ0n) is 12.6. The molecule has 1 unspecified atom stereocenters. The van der Waals surface area contributed by atoms with E-state index < -0.39 is 0 Å². The van der Waals surface area contributed by atoms with Crippen LogP contribution in [-0.2, 0) is 0 Å². The molecular weight excluding hydrogens is 290 g/mol. The van der Waals surface area contributed by atoms with E-state index in [1.807, 2.05) is 0 Å². The second-order valence-corrected chi connectivity index (χ2v) is 6.99. The molecule has 0 N–H and O–H groups in total. The smallest absolute Gasteiger partial charge is 0.0988 e. The lowest BCUT2D eigenvalue weighted by Gasteiger charge is -2.14. The van der Waals surface area contributed by atoms with Gasteiger partial charge in [-0.3, -0.25) is 3.71 Å². The van der Waals surface area contributed by atoms with Gasteiger partial charge in [-0.2, -0.15) is 0 Å². The molecule has 0 saturated carbocycles. The lowest BCUT2D eigenvalue weighted by atomic mass is 9.93. The Morgan fingerprint density at radius 1 is 0.947 bits per heavy atom. The highest BCUT2D eigenvalue weighted by Crippen LogP contribution is 2.20. The average molecular weight is 322 g/mol. The zero-order chi connectivity index (χ0) is 14.5. The van der Waals surface area contributed by atoms with E-state index in [1.54, 1.807) is 0 Å². The molecule has 114 valence electrons. The number of thiocarbonyl (C=S) groups is 1. The molecule has 1 atom stereocenters. The Morgan fingerprint density at radius 2 is 1.53 bits per heavy atom. The molecule has 0 aliphatic carbocycles. The molecule has 4 heteroatoms. The maximum atomic E-state index is 5.14. The summed E-state index contributed by atoms with van der Waals surface area (Å²) in [4.78, 5) is 0.831. The molecule has 0 rings (SSSR count). The molecule has 0 amide bonds. The van der Waals surface area contributed by atoms with E-state index in [4.69, 9.17) is 12.2 Å². The van der Waals surface area contributed by atoms with Crippen LogP contribution in [0.3, 0.4) is 0 Å². The molecule has 0 heterocycles. The summed E-state index contributed by atoms with van der Waals surface area (Å²) in [6, 6.07) is 0. The molecule has 0 aromatic heterocycles. The molecule has 19 heavy (non-hydrogen) atoms. The van der Waals surface area contributed by atoms with E-state index in [9.17, 15) is 0 Å². The first-order valence-electron chi connectivity index (χ1n) is 7.82. The molecule has 0 spiro atoms. The van der Waals surface area contributed by atoms with Crippen LogP contribution < -0.4 is 0 Å². The molecular formula is C15H31NS3. The van der Waals surface area contributed by atoms with Crippen LogP contribution in [0.2, 0.25) is 0 Å². The van der Waals surface area contributed by atoms with Crippen molar-refractivity contribution >= 4 is 42.8 Å². The molecule has 0 fully saturated rings. The number of nitrogens with zero attached hydrogens (tertiary/aromatic N) is 1. The van der Waals surface area contributed by atoms with Crippen LogP contribution in [0.15, 0.2) is 0 Å². The van der Waals surface area contributed by atoms with Crippen LogP contribution in [0.5, 0.6) is 0 Å². The third-order valence-corrected chi connectivity index (χ3v) is 4.91. The highest BCUT2D eigenvalue weighted by Gasteiger charge is 2.05. The predicted octanol–water partition coefficient (Wildman–Crippen LogP) is 6.25. The van der Waals surface area contributed by atoms with Crippen molar-refractivity contribution in [3.8, 4) is 0 Å². The van der Waals surface area contributed by atoms with Crippen molar-refractivity contribution in [2.45, 2.75) is 84.5 Å². The molecule has 0 radical (unpaired) electrons. The van der Waals surface area contributed by atoms with Crippen molar-refractivity contribution in [1.82, 2.24) is 3.71 Å². The normalized spacial score (nSPS) is 12.4. The topological polar surface area (TPSA) is 3.24 Å². The second-order valence-electron chi connectivity index (χ2n) is 5.41. The van der Waals surface area contributed by atoms with E-state index in [2.05, 4.69) is 39.5 Å². The van der Waals surface area contributed by atoms with Crippen LogP contribution in [0.4, 0.5) is 0 Å². The lowest BCUT2D eigenvalue weighted by Crippen LogP contribution is -2.07. The minimum Gasteiger partial charge on any atom is -0.258 e. The minimum absolute atomic E-state index is 0.831. The summed E-state index contributed by atoms with van der Waals surface area (Å²) in [5.74, 6) is 0.967. The van der Waals surface area contributed by atoms with Crippen molar-refractivity contribution in [3.05, 3.63) is 0 Å². The minimum atomic E-state index is 0.831. The molecule has 0 bridgehead atoms. The monoisotopic (exact) mass is 321 g/mol. The fourth-order valence-corrected chi connectivity index (χ4v) is 2.73. The van der Waals surface area contributed by atoms with E-state index in [0.29, 0.717) is 0 Å². The molecule has 0 aliphatic heterocycles. The zero-order valence-corrected chi connectivity index (χ0v) is 15.2. The van der Waals surface area contributed by atoms with Crippen molar-refractivity contribution in [2.75, 3.05) is 0 Å². The Morgan fingerprint density at radius 3 is 2.11 bits per heavy atom. The van der Waals surface area contributed by atoms with E-state index in [0.717, 1.165) is 17.3 Å². The quantitative estimate of drug-likeness (QED) is 0.248.